The first kappa shape index (κ1) is 13.4. The summed E-state index contributed by atoms with van der Waals surface area (Å²) in [4.78, 5) is 27.4. The van der Waals surface area contributed by atoms with Gasteiger partial charge >= 0.3 is 5.97 Å². The summed E-state index contributed by atoms with van der Waals surface area (Å²) in [5.41, 5.74) is 4.33. The number of benzene rings is 1. The normalized spacial score (nSPS) is 10.4. The molecule has 1 N–H and O–H groups in total. The van der Waals surface area contributed by atoms with Crippen LogP contribution in [-0.4, -0.2) is 21.8 Å². The highest BCUT2D eigenvalue weighted by Crippen LogP contribution is 2.27. The van der Waals surface area contributed by atoms with E-state index in [0.29, 0.717) is 5.56 Å². The molecule has 0 aliphatic heterocycles. The zero-order valence-corrected chi connectivity index (χ0v) is 11.2. The maximum Gasteiger partial charge on any atom is 0.303 e. The number of aliphatic carboxylic acids is 1. The van der Waals surface area contributed by atoms with Crippen LogP contribution < -0.4 is 0 Å². The molecule has 0 spiro atoms. The molecule has 0 aliphatic rings. The lowest BCUT2D eigenvalue weighted by Gasteiger charge is -2.02. The van der Waals surface area contributed by atoms with Crippen LogP contribution in [0.25, 0.3) is 10.4 Å². The predicted octanol–water partition coefficient (Wildman–Crippen LogP) is 3.17. The molecule has 0 radical (unpaired) electrons. The Kier molecular flexibility index (Phi) is 4.06. The van der Waals surface area contributed by atoms with Gasteiger partial charge in [0.1, 0.15) is 0 Å². The zero-order valence-electron chi connectivity index (χ0n) is 10.4. The third-order valence-corrected chi connectivity index (χ3v) is 3.76. The number of aromatic nitrogens is 1. The molecule has 1 aromatic carbocycles. The van der Waals surface area contributed by atoms with Gasteiger partial charge in [-0.3, -0.25) is 9.59 Å². The van der Waals surface area contributed by atoms with Crippen molar-refractivity contribution in [1.29, 1.82) is 0 Å². The fraction of sp³-hybridized carbons (Fsp3) is 0.214. The Labute approximate surface area is 114 Å². The number of hydrogen-bond donors (Lipinski definition) is 1. The van der Waals surface area contributed by atoms with Crippen molar-refractivity contribution in [2.24, 2.45) is 0 Å². The summed E-state index contributed by atoms with van der Waals surface area (Å²) in [6.07, 6.45) is -0.0944. The third-order valence-electron chi connectivity index (χ3n) is 2.78. The summed E-state index contributed by atoms with van der Waals surface area (Å²) in [5.74, 6) is -1.10. The van der Waals surface area contributed by atoms with Gasteiger partial charge in [0.2, 0.25) is 0 Å². The Morgan fingerprint density at radius 2 is 1.89 bits per heavy atom. The van der Waals surface area contributed by atoms with E-state index in [9.17, 15) is 9.59 Å². The number of carboxylic acid groups (broad SMARTS) is 1. The van der Waals surface area contributed by atoms with Gasteiger partial charge in [0.15, 0.2) is 5.78 Å². The van der Waals surface area contributed by atoms with E-state index in [2.05, 4.69) is 4.98 Å². The summed E-state index contributed by atoms with van der Waals surface area (Å²) in [5, 5.41) is 8.55. The second-order valence-corrected chi connectivity index (χ2v) is 5.02. The molecule has 0 saturated carbocycles. The van der Waals surface area contributed by atoms with Crippen molar-refractivity contribution in [2.75, 3.05) is 0 Å². The number of rotatable bonds is 5. The topological polar surface area (TPSA) is 67.3 Å². The smallest absolute Gasteiger partial charge is 0.303 e. The molecule has 0 unspecified atom stereocenters. The lowest BCUT2D eigenvalue weighted by molar-refractivity contribution is -0.136. The molecule has 0 saturated heterocycles. The third kappa shape index (κ3) is 3.26. The predicted molar refractivity (Wildman–Crippen MR) is 73.5 cm³/mol. The number of thiazole rings is 1. The molecule has 4 nitrogen and oxygen atoms in total. The molecule has 0 fully saturated rings. The van der Waals surface area contributed by atoms with Gasteiger partial charge in [0.25, 0.3) is 0 Å². The van der Waals surface area contributed by atoms with Gasteiger partial charge in [-0.15, -0.1) is 11.3 Å². The highest BCUT2D eigenvalue weighted by atomic mass is 32.1. The maximum atomic E-state index is 11.7. The van der Waals surface area contributed by atoms with E-state index >= 15 is 0 Å². The maximum absolute atomic E-state index is 11.7. The summed E-state index contributed by atoms with van der Waals surface area (Å²) < 4.78 is 0. The van der Waals surface area contributed by atoms with E-state index in [1.54, 1.807) is 29.0 Å². The molecular formula is C14H13NO3S. The fourth-order valence-corrected chi connectivity index (χ4v) is 2.56. The lowest BCUT2D eigenvalue weighted by Crippen LogP contribution is -2.03. The number of nitrogens with zero attached hydrogens (tertiary/aromatic N) is 1. The van der Waals surface area contributed by atoms with Crippen LogP contribution in [0.2, 0.25) is 0 Å². The van der Waals surface area contributed by atoms with Gasteiger partial charge in [-0.1, -0.05) is 24.3 Å². The van der Waals surface area contributed by atoms with Gasteiger partial charge in [0, 0.05) is 12.0 Å². The van der Waals surface area contributed by atoms with Crippen LogP contribution in [0.4, 0.5) is 0 Å². The summed E-state index contributed by atoms with van der Waals surface area (Å²) >= 11 is 1.56. The second-order valence-electron chi connectivity index (χ2n) is 4.16. The minimum Gasteiger partial charge on any atom is -0.481 e. The SMILES string of the molecule is Cc1ncsc1-c1ccc(C(=O)CCC(=O)O)cc1. The number of aryl methyl sites for hydroxylation is 1. The van der Waals surface area contributed by atoms with Crippen molar-refractivity contribution < 1.29 is 14.7 Å². The lowest BCUT2D eigenvalue weighted by atomic mass is 10.0. The molecule has 0 atom stereocenters. The molecule has 19 heavy (non-hydrogen) atoms. The quantitative estimate of drug-likeness (QED) is 0.851. The van der Waals surface area contributed by atoms with Crippen molar-refractivity contribution in [3.63, 3.8) is 0 Å². The Bertz CT molecular complexity index is 601. The molecule has 1 aromatic heterocycles. The molecular weight excluding hydrogens is 262 g/mol. The van der Waals surface area contributed by atoms with Crippen LogP contribution in [0.3, 0.4) is 0 Å². The van der Waals surface area contributed by atoms with Gasteiger partial charge in [-0.2, -0.15) is 0 Å². The van der Waals surface area contributed by atoms with E-state index in [-0.39, 0.29) is 18.6 Å². The molecule has 98 valence electrons. The van der Waals surface area contributed by atoms with Crippen LogP contribution in [0.15, 0.2) is 29.8 Å². The van der Waals surface area contributed by atoms with Crippen molar-refractivity contribution in [1.82, 2.24) is 4.98 Å². The molecule has 2 rings (SSSR count). The Morgan fingerprint density at radius 3 is 2.42 bits per heavy atom. The highest BCUT2D eigenvalue weighted by molar-refractivity contribution is 7.13. The van der Waals surface area contributed by atoms with Crippen LogP contribution in [0.1, 0.15) is 28.9 Å². The largest absolute Gasteiger partial charge is 0.481 e. The number of ketones is 1. The van der Waals surface area contributed by atoms with E-state index < -0.39 is 5.97 Å². The molecule has 5 heteroatoms. The molecule has 0 amide bonds. The first-order chi connectivity index (χ1) is 9.08. The minimum atomic E-state index is -0.953. The molecule has 0 bridgehead atoms. The Hall–Kier alpha value is -2.01. The number of carbonyl (C=O) groups excluding carboxylic acids is 1. The van der Waals surface area contributed by atoms with E-state index in [1.807, 2.05) is 19.1 Å². The van der Waals surface area contributed by atoms with Crippen LogP contribution in [0.5, 0.6) is 0 Å². The van der Waals surface area contributed by atoms with Crippen LogP contribution >= 0.6 is 11.3 Å². The average Bonchev–Trinajstić information content (AvgIpc) is 2.82. The monoisotopic (exact) mass is 275 g/mol. The summed E-state index contributed by atoms with van der Waals surface area (Å²) in [6, 6.07) is 7.21. The molecule has 2 aromatic rings. The van der Waals surface area contributed by atoms with Crippen molar-refractivity contribution >= 4 is 23.1 Å². The highest BCUT2D eigenvalue weighted by Gasteiger charge is 2.10. The second kappa shape index (κ2) is 5.75. The van der Waals surface area contributed by atoms with Crippen molar-refractivity contribution in [3.05, 3.63) is 41.0 Å². The van der Waals surface area contributed by atoms with Gasteiger partial charge in [-0.05, 0) is 12.5 Å². The van der Waals surface area contributed by atoms with Crippen LogP contribution in [0, 0.1) is 6.92 Å². The van der Waals surface area contributed by atoms with Crippen molar-refractivity contribution in [3.8, 4) is 10.4 Å². The first-order valence-corrected chi connectivity index (χ1v) is 6.71. The number of carbonyl (C=O) groups is 2. The Balaban J connectivity index is 2.13. The number of carboxylic acids is 1. The average molecular weight is 275 g/mol. The van der Waals surface area contributed by atoms with E-state index in [0.717, 1.165) is 16.1 Å². The Morgan fingerprint density at radius 1 is 1.21 bits per heavy atom. The molecule has 0 aliphatic carbocycles. The van der Waals surface area contributed by atoms with Crippen molar-refractivity contribution in [2.45, 2.75) is 19.8 Å². The van der Waals surface area contributed by atoms with E-state index in [1.165, 1.54) is 0 Å². The van der Waals surface area contributed by atoms with Gasteiger partial charge in [-0.25, -0.2) is 4.98 Å². The van der Waals surface area contributed by atoms with Gasteiger partial charge < -0.3 is 5.11 Å². The molecule has 1 heterocycles. The number of Topliss-reactive ketones (excluding diaryl/α,β-unsaturated/α-hetero) is 1. The zero-order chi connectivity index (χ0) is 13.8. The van der Waals surface area contributed by atoms with Gasteiger partial charge in [0.05, 0.1) is 22.5 Å². The van der Waals surface area contributed by atoms with Crippen LogP contribution in [-0.2, 0) is 4.79 Å². The number of hydrogen-bond acceptors (Lipinski definition) is 4. The minimum absolute atomic E-state index is 0.0360. The summed E-state index contributed by atoms with van der Waals surface area (Å²) in [7, 11) is 0. The van der Waals surface area contributed by atoms with E-state index in [4.69, 9.17) is 5.11 Å². The summed E-state index contributed by atoms with van der Waals surface area (Å²) in [6.45, 7) is 1.94. The first-order valence-electron chi connectivity index (χ1n) is 5.83. The standard InChI is InChI=1S/C14H13NO3S/c1-9-14(19-8-15-9)11-4-2-10(3-5-11)12(16)6-7-13(17)18/h2-5,8H,6-7H2,1H3,(H,17,18). The fourth-order valence-electron chi connectivity index (χ4n) is 1.75.